The van der Waals surface area contributed by atoms with Crippen molar-refractivity contribution in [3.05, 3.63) is 66.0 Å². The highest BCUT2D eigenvalue weighted by Gasteiger charge is 2.00. The molecular weight excluding hydrogens is 186 g/mol. The van der Waals surface area contributed by atoms with Crippen LogP contribution in [0.4, 0.5) is 0 Å². The van der Waals surface area contributed by atoms with Crippen LogP contribution in [-0.4, -0.2) is 0 Å². The second-order valence-corrected chi connectivity index (χ2v) is 3.49. The van der Waals surface area contributed by atoms with E-state index >= 15 is 0 Å². The van der Waals surface area contributed by atoms with E-state index in [1.807, 2.05) is 42.7 Å². The summed E-state index contributed by atoms with van der Waals surface area (Å²) in [5.74, 6) is 0. The number of pyridine rings is 1. The van der Waals surface area contributed by atoms with Crippen LogP contribution < -0.4 is 9.57 Å². The zero-order valence-electron chi connectivity index (χ0n) is 8.76. The monoisotopic (exact) mass is 200 g/mol. The van der Waals surface area contributed by atoms with Crippen LogP contribution in [0.15, 0.2) is 54.9 Å². The molecule has 0 aliphatic carbocycles. The molecule has 1 heterocycles. The summed E-state index contributed by atoms with van der Waals surface area (Å²) in [7, 11) is 0. The van der Waals surface area contributed by atoms with Gasteiger partial charge in [0.15, 0.2) is 6.61 Å². The van der Waals surface area contributed by atoms with E-state index in [4.69, 9.17) is 4.84 Å². The van der Waals surface area contributed by atoms with E-state index in [1.165, 1.54) is 11.1 Å². The van der Waals surface area contributed by atoms with Gasteiger partial charge in [0.05, 0.1) is 0 Å². The van der Waals surface area contributed by atoms with E-state index in [-0.39, 0.29) is 0 Å². The van der Waals surface area contributed by atoms with Crippen molar-refractivity contribution in [3.63, 3.8) is 0 Å². The van der Waals surface area contributed by atoms with E-state index in [2.05, 4.69) is 19.1 Å². The van der Waals surface area contributed by atoms with Crippen molar-refractivity contribution < 1.29 is 9.57 Å². The molecule has 0 atom stereocenters. The first-order valence-electron chi connectivity index (χ1n) is 5.00. The third kappa shape index (κ3) is 2.81. The van der Waals surface area contributed by atoms with Crippen LogP contribution in [0.5, 0.6) is 0 Å². The zero-order valence-corrected chi connectivity index (χ0v) is 8.76. The van der Waals surface area contributed by atoms with Crippen LogP contribution in [-0.2, 0) is 6.61 Å². The van der Waals surface area contributed by atoms with Crippen molar-refractivity contribution in [3.8, 4) is 0 Å². The lowest BCUT2D eigenvalue weighted by molar-refractivity contribution is -0.895. The third-order valence-electron chi connectivity index (χ3n) is 2.19. The molecular formula is C13H14NO+. The Bertz CT molecular complexity index is 408. The zero-order chi connectivity index (χ0) is 10.5. The Morgan fingerprint density at radius 1 is 1.00 bits per heavy atom. The standard InChI is InChI=1S/C13H14NO/c1-12-7-9-14(10-8-12)15-11-13-5-3-2-4-6-13/h2-10H,11H2,1H3/q+1. The molecule has 1 aromatic heterocycles. The van der Waals surface area contributed by atoms with Crippen LogP contribution in [0.25, 0.3) is 0 Å². The van der Waals surface area contributed by atoms with Crippen molar-refractivity contribution in [2.45, 2.75) is 13.5 Å². The van der Waals surface area contributed by atoms with Crippen molar-refractivity contribution in [1.29, 1.82) is 0 Å². The molecule has 0 saturated heterocycles. The van der Waals surface area contributed by atoms with Gasteiger partial charge < -0.3 is 0 Å². The molecule has 0 unspecified atom stereocenters. The molecule has 2 nitrogen and oxygen atoms in total. The number of benzene rings is 1. The summed E-state index contributed by atoms with van der Waals surface area (Å²) in [6.07, 6.45) is 3.83. The van der Waals surface area contributed by atoms with Gasteiger partial charge in [0.25, 0.3) is 0 Å². The SMILES string of the molecule is Cc1cc[n+](OCc2ccccc2)cc1. The number of hydrogen-bond acceptors (Lipinski definition) is 1. The van der Waals surface area contributed by atoms with E-state index < -0.39 is 0 Å². The summed E-state index contributed by atoms with van der Waals surface area (Å²) in [5.41, 5.74) is 2.40. The molecule has 2 rings (SSSR count). The second-order valence-electron chi connectivity index (χ2n) is 3.49. The molecule has 0 bridgehead atoms. The summed E-state index contributed by atoms with van der Waals surface area (Å²) in [6.45, 7) is 2.65. The van der Waals surface area contributed by atoms with Crippen LogP contribution in [0, 0.1) is 6.92 Å². The van der Waals surface area contributed by atoms with Gasteiger partial charge in [-0.1, -0.05) is 30.3 Å². The first kappa shape index (κ1) is 9.71. The smallest absolute Gasteiger partial charge is 0.222 e. The fourth-order valence-corrected chi connectivity index (χ4v) is 1.30. The Labute approximate surface area is 89.7 Å². The molecule has 76 valence electrons. The molecule has 0 N–H and O–H groups in total. The number of aryl methyl sites for hydroxylation is 1. The summed E-state index contributed by atoms with van der Waals surface area (Å²) >= 11 is 0. The molecule has 0 aliphatic heterocycles. The second kappa shape index (κ2) is 4.60. The number of rotatable bonds is 3. The molecule has 1 aromatic carbocycles. The highest BCUT2D eigenvalue weighted by atomic mass is 16.7. The van der Waals surface area contributed by atoms with E-state index in [9.17, 15) is 0 Å². The van der Waals surface area contributed by atoms with Gasteiger partial charge in [-0.3, -0.25) is 4.84 Å². The minimum Gasteiger partial charge on any atom is -0.267 e. The number of hydrogen-bond donors (Lipinski definition) is 0. The largest absolute Gasteiger partial charge is 0.267 e. The molecule has 2 heteroatoms. The van der Waals surface area contributed by atoms with Crippen molar-refractivity contribution in [2.24, 2.45) is 0 Å². The third-order valence-corrected chi connectivity index (χ3v) is 2.19. The van der Waals surface area contributed by atoms with Gasteiger partial charge in [0, 0.05) is 16.9 Å². The fraction of sp³-hybridized carbons (Fsp3) is 0.154. The van der Waals surface area contributed by atoms with Crippen LogP contribution >= 0.6 is 0 Å². The van der Waals surface area contributed by atoms with Crippen molar-refractivity contribution in [2.75, 3.05) is 0 Å². The summed E-state index contributed by atoms with van der Waals surface area (Å²) in [4.78, 5) is 5.56. The molecule has 15 heavy (non-hydrogen) atoms. The molecule has 0 aliphatic rings. The Kier molecular flexibility index (Phi) is 2.98. The maximum absolute atomic E-state index is 5.56. The van der Waals surface area contributed by atoms with Crippen LogP contribution in [0.2, 0.25) is 0 Å². The van der Waals surface area contributed by atoms with Crippen molar-refractivity contribution in [1.82, 2.24) is 0 Å². The van der Waals surface area contributed by atoms with Gasteiger partial charge >= 0.3 is 0 Å². The number of nitrogens with zero attached hydrogens (tertiary/aromatic N) is 1. The first-order valence-corrected chi connectivity index (χ1v) is 5.00. The van der Waals surface area contributed by atoms with Crippen LogP contribution in [0.3, 0.4) is 0 Å². The van der Waals surface area contributed by atoms with Gasteiger partial charge in [-0.15, -0.1) is 0 Å². The average molecular weight is 200 g/mol. The Hall–Kier alpha value is -1.83. The Morgan fingerprint density at radius 2 is 1.67 bits per heavy atom. The van der Waals surface area contributed by atoms with Gasteiger partial charge in [0.2, 0.25) is 12.4 Å². The van der Waals surface area contributed by atoms with Gasteiger partial charge in [-0.05, 0) is 18.1 Å². The molecule has 0 spiro atoms. The molecule has 0 radical (unpaired) electrons. The maximum atomic E-state index is 5.56. The highest BCUT2D eigenvalue weighted by molar-refractivity contribution is 5.13. The Balaban J connectivity index is 1.96. The average Bonchev–Trinajstić information content (AvgIpc) is 2.30. The summed E-state index contributed by atoms with van der Waals surface area (Å²) in [5, 5.41) is 0. The summed E-state index contributed by atoms with van der Waals surface area (Å²) < 4.78 is 1.72. The molecule has 0 saturated carbocycles. The van der Waals surface area contributed by atoms with Gasteiger partial charge in [-0.25, -0.2) is 0 Å². The van der Waals surface area contributed by atoms with E-state index in [1.54, 1.807) is 4.73 Å². The molecule has 0 fully saturated rings. The lowest BCUT2D eigenvalue weighted by atomic mass is 10.2. The lowest BCUT2D eigenvalue weighted by Crippen LogP contribution is -2.41. The predicted octanol–water partition coefficient (Wildman–Crippen LogP) is 1.91. The highest BCUT2D eigenvalue weighted by Crippen LogP contribution is 1.97. The fourth-order valence-electron chi connectivity index (χ4n) is 1.30. The normalized spacial score (nSPS) is 9.93. The van der Waals surface area contributed by atoms with E-state index in [0.29, 0.717) is 6.61 Å². The minimum absolute atomic E-state index is 0.592. The van der Waals surface area contributed by atoms with Gasteiger partial charge in [-0.2, -0.15) is 0 Å². The van der Waals surface area contributed by atoms with Crippen LogP contribution in [0.1, 0.15) is 11.1 Å². The van der Waals surface area contributed by atoms with Crippen molar-refractivity contribution >= 4 is 0 Å². The maximum Gasteiger partial charge on any atom is 0.222 e. The molecule has 2 aromatic rings. The lowest BCUT2D eigenvalue weighted by Gasteiger charge is -1.98. The quantitative estimate of drug-likeness (QED) is 0.690. The Morgan fingerprint density at radius 3 is 2.33 bits per heavy atom. The topological polar surface area (TPSA) is 13.1 Å². The summed E-state index contributed by atoms with van der Waals surface area (Å²) in [6, 6.07) is 14.2. The van der Waals surface area contributed by atoms with E-state index in [0.717, 1.165) is 0 Å². The van der Waals surface area contributed by atoms with Gasteiger partial charge in [0.1, 0.15) is 0 Å². The predicted molar refractivity (Wildman–Crippen MR) is 58.1 cm³/mol. The minimum atomic E-state index is 0.592. The molecule has 0 amide bonds. The number of aromatic nitrogens is 1. The first-order chi connectivity index (χ1) is 7.34.